The fraction of sp³-hybridized carbons (Fsp3) is 0.933. The van der Waals surface area contributed by atoms with Crippen LogP contribution in [-0.4, -0.2) is 96.7 Å². The summed E-state index contributed by atoms with van der Waals surface area (Å²) in [6, 6.07) is 0.0654. The zero-order chi connectivity index (χ0) is 26.2. The van der Waals surface area contributed by atoms with E-state index in [2.05, 4.69) is 21.6 Å². The van der Waals surface area contributed by atoms with Gasteiger partial charge in [-0.1, -0.05) is 57.8 Å². The first-order valence-electron chi connectivity index (χ1n) is 15.9. The Bertz CT molecular complexity index is 769. The molecule has 216 valence electrons. The summed E-state index contributed by atoms with van der Waals surface area (Å²) in [4.78, 5) is 22.9. The van der Waals surface area contributed by atoms with Gasteiger partial charge >= 0.3 is 5.97 Å². The van der Waals surface area contributed by atoms with E-state index in [4.69, 9.17) is 20.2 Å². The standard InChI is InChI=1S/C30H52N4O3S/c31-25(22-23-8-2-1-3-9-23)30(35)37-21-20-36-19-18-33-14-16-34(17-15-33)29-24-10-4-6-12-27(24)38-28-13-7-5-11-26(28)32-29/h23-28H,1-22,31H2. The van der Waals surface area contributed by atoms with E-state index in [0.29, 0.717) is 37.7 Å². The highest BCUT2D eigenvalue weighted by Crippen LogP contribution is 2.44. The van der Waals surface area contributed by atoms with Gasteiger partial charge in [-0.25, -0.2) is 0 Å². The molecule has 2 N–H and O–H groups in total. The van der Waals surface area contributed by atoms with Crippen LogP contribution in [0.25, 0.3) is 0 Å². The van der Waals surface area contributed by atoms with Gasteiger partial charge in [0.1, 0.15) is 18.5 Å². The quantitative estimate of drug-likeness (QED) is 0.336. The number of carbonyl (C=O) groups is 1. The third-order valence-electron chi connectivity index (χ3n) is 9.68. The molecule has 1 saturated heterocycles. The number of esters is 1. The highest BCUT2D eigenvalue weighted by atomic mass is 32.2. The lowest BCUT2D eigenvalue weighted by Crippen LogP contribution is -2.52. The van der Waals surface area contributed by atoms with Gasteiger partial charge in [0.25, 0.3) is 0 Å². The third kappa shape index (κ3) is 7.88. The molecule has 5 aliphatic rings. The van der Waals surface area contributed by atoms with Crippen molar-refractivity contribution in [2.75, 3.05) is 52.5 Å². The van der Waals surface area contributed by atoms with E-state index in [1.165, 1.54) is 89.3 Å². The summed E-state index contributed by atoms with van der Waals surface area (Å²) in [7, 11) is 0. The van der Waals surface area contributed by atoms with Gasteiger partial charge in [0.2, 0.25) is 0 Å². The molecular formula is C30H52N4O3S. The van der Waals surface area contributed by atoms with Crippen LogP contribution in [0.15, 0.2) is 4.99 Å². The number of piperazine rings is 1. The molecule has 2 aliphatic heterocycles. The monoisotopic (exact) mass is 548 g/mol. The normalized spacial score (nSPS) is 32.0. The number of thioether (sulfide) groups is 1. The molecule has 5 unspecified atom stereocenters. The molecule has 3 aliphatic carbocycles. The minimum absolute atomic E-state index is 0.269. The molecule has 0 spiro atoms. The molecule has 2 heterocycles. The van der Waals surface area contributed by atoms with Crippen LogP contribution < -0.4 is 5.73 Å². The zero-order valence-corrected chi connectivity index (χ0v) is 24.4. The minimum atomic E-state index is -0.487. The number of ether oxygens (including phenoxy) is 2. The van der Waals surface area contributed by atoms with Crippen LogP contribution in [0.2, 0.25) is 0 Å². The summed E-state index contributed by atoms with van der Waals surface area (Å²) < 4.78 is 11.2. The summed E-state index contributed by atoms with van der Waals surface area (Å²) in [6.45, 7) is 6.68. The van der Waals surface area contributed by atoms with Crippen molar-refractivity contribution in [2.24, 2.45) is 22.6 Å². The van der Waals surface area contributed by atoms with Gasteiger partial charge in [0, 0.05) is 49.1 Å². The van der Waals surface area contributed by atoms with Crippen molar-refractivity contribution in [3.63, 3.8) is 0 Å². The van der Waals surface area contributed by atoms with Crippen molar-refractivity contribution in [2.45, 2.75) is 112 Å². The molecule has 4 fully saturated rings. The average molecular weight is 549 g/mol. The first kappa shape index (κ1) is 28.7. The van der Waals surface area contributed by atoms with Gasteiger partial charge in [0.05, 0.1) is 19.3 Å². The summed E-state index contributed by atoms with van der Waals surface area (Å²) in [5.41, 5.74) is 6.09. The van der Waals surface area contributed by atoms with E-state index in [0.717, 1.165) is 49.6 Å². The highest BCUT2D eigenvalue weighted by molar-refractivity contribution is 8.00. The van der Waals surface area contributed by atoms with Gasteiger partial charge in [0.15, 0.2) is 0 Å². The molecule has 8 heteroatoms. The Morgan fingerprint density at radius 1 is 0.868 bits per heavy atom. The predicted molar refractivity (Wildman–Crippen MR) is 156 cm³/mol. The Morgan fingerprint density at radius 3 is 2.39 bits per heavy atom. The summed E-state index contributed by atoms with van der Waals surface area (Å²) in [6.07, 6.45) is 17.9. The van der Waals surface area contributed by atoms with E-state index in [1.54, 1.807) is 0 Å². The van der Waals surface area contributed by atoms with Crippen LogP contribution >= 0.6 is 11.8 Å². The van der Waals surface area contributed by atoms with Gasteiger partial charge in [-0.3, -0.25) is 14.7 Å². The topological polar surface area (TPSA) is 80.4 Å². The number of rotatable bonds is 9. The minimum Gasteiger partial charge on any atom is -0.462 e. The van der Waals surface area contributed by atoms with Crippen LogP contribution in [0.5, 0.6) is 0 Å². The van der Waals surface area contributed by atoms with Crippen LogP contribution in [0.1, 0.15) is 89.9 Å². The Labute approximate surface area is 235 Å². The van der Waals surface area contributed by atoms with E-state index in [-0.39, 0.29) is 5.97 Å². The molecular weight excluding hydrogens is 496 g/mol. The Kier molecular flexibility index (Phi) is 11.1. The second kappa shape index (κ2) is 14.7. The van der Waals surface area contributed by atoms with E-state index in [9.17, 15) is 4.79 Å². The number of hydrogen-bond acceptors (Lipinski definition) is 8. The summed E-state index contributed by atoms with van der Waals surface area (Å²) in [5.74, 6) is 2.46. The smallest absolute Gasteiger partial charge is 0.322 e. The molecule has 7 nitrogen and oxygen atoms in total. The maximum absolute atomic E-state index is 12.2. The summed E-state index contributed by atoms with van der Waals surface area (Å²) >= 11 is 2.31. The molecule has 5 atom stereocenters. The lowest BCUT2D eigenvalue weighted by Gasteiger charge is -2.41. The molecule has 0 amide bonds. The van der Waals surface area contributed by atoms with Gasteiger partial charge in [-0.15, -0.1) is 0 Å². The summed E-state index contributed by atoms with van der Waals surface area (Å²) in [5, 5.41) is 1.55. The molecule has 3 saturated carbocycles. The molecule has 38 heavy (non-hydrogen) atoms. The fourth-order valence-corrected chi connectivity index (χ4v) is 9.31. The second-order valence-electron chi connectivity index (χ2n) is 12.4. The Hall–Kier alpha value is -0.830. The highest BCUT2D eigenvalue weighted by Gasteiger charge is 2.40. The van der Waals surface area contributed by atoms with Crippen molar-refractivity contribution >= 4 is 23.6 Å². The van der Waals surface area contributed by atoms with Crippen molar-refractivity contribution in [3.8, 4) is 0 Å². The van der Waals surface area contributed by atoms with Crippen molar-refractivity contribution in [1.82, 2.24) is 9.80 Å². The van der Waals surface area contributed by atoms with Crippen molar-refractivity contribution < 1.29 is 14.3 Å². The molecule has 0 bridgehead atoms. The third-order valence-corrected chi connectivity index (χ3v) is 11.5. The van der Waals surface area contributed by atoms with Crippen LogP contribution in [0.4, 0.5) is 0 Å². The zero-order valence-electron chi connectivity index (χ0n) is 23.6. The average Bonchev–Trinajstić information content (AvgIpc) is 3.12. The second-order valence-corrected chi connectivity index (χ2v) is 13.9. The lowest BCUT2D eigenvalue weighted by molar-refractivity contribution is -0.147. The number of nitrogens with zero attached hydrogens (tertiary/aromatic N) is 3. The SMILES string of the molecule is NC(CC1CCCCC1)C(=O)OCCOCCN1CCN(C2=NC3CCCCC3SC3CCCCC23)CC1. The Morgan fingerprint density at radius 2 is 1.58 bits per heavy atom. The number of fused-ring (bicyclic) bond motifs is 2. The Balaban J connectivity index is 0.984. The first-order chi connectivity index (χ1) is 18.7. The number of amidine groups is 1. The lowest BCUT2D eigenvalue weighted by atomic mass is 9.85. The van der Waals surface area contributed by atoms with Crippen LogP contribution in [0, 0.1) is 11.8 Å². The number of carbonyl (C=O) groups excluding carboxylic acids is 1. The number of nitrogens with two attached hydrogens (primary N) is 1. The molecule has 0 aromatic rings. The molecule has 0 radical (unpaired) electrons. The van der Waals surface area contributed by atoms with Crippen molar-refractivity contribution in [1.29, 1.82) is 0 Å². The van der Waals surface area contributed by atoms with Crippen LogP contribution in [-0.2, 0) is 14.3 Å². The first-order valence-corrected chi connectivity index (χ1v) is 16.8. The fourth-order valence-electron chi connectivity index (χ4n) is 7.43. The maximum Gasteiger partial charge on any atom is 0.322 e. The number of aliphatic imine (C=N–C) groups is 1. The van der Waals surface area contributed by atoms with Gasteiger partial charge < -0.3 is 20.1 Å². The van der Waals surface area contributed by atoms with E-state index < -0.39 is 6.04 Å². The van der Waals surface area contributed by atoms with Crippen molar-refractivity contribution in [3.05, 3.63) is 0 Å². The van der Waals surface area contributed by atoms with Crippen LogP contribution in [0.3, 0.4) is 0 Å². The number of hydrogen-bond donors (Lipinski definition) is 1. The molecule has 0 aromatic carbocycles. The van der Waals surface area contributed by atoms with E-state index >= 15 is 0 Å². The maximum atomic E-state index is 12.2. The van der Waals surface area contributed by atoms with E-state index in [1.807, 2.05) is 0 Å². The molecule has 0 aromatic heterocycles. The largest absolute Gasteiger partial charge is 0.462 e. The van der Waals surface area contributed by atoms with Gasteiger partial charge in [-0.2, -0.15) is 11.8 Å². The molecule has 5 rings (SSSR count). The predicted octanol–water partition coefficient (Wildman–Crippen LogP) is 4.48. The van der Waals surface area contributed by atoms with Gasteiger partial charge in [-0.05, 0) is 38.0 Å².